The molecule has 0 atom stereocenters. The van der Waals surface area contributed by atoms with Crippen LogP contribution in [0.2, 0.25) is 0 Å². The van der Waals surface area contributed by atoms with E-state index < -0.39 is 0 Å². The lowest BCUT2D eigenvalue weighted by molar-refractivity contribution is 1.66. The number of hydrogen-bond acceptors (Lipinski definition) is 0. The Morgan fingerprint density at radius 1 is 0.875 bits per heavy atom. The fourth-order valence-corrected chi connectivity index (χ4v) is 2.02. The highest BCUT2D eigenvalue weighted by Gasteiger charge is 2.06. The van der Waals surface area contributed by atoms with E-state index in [1.54, 1.807) is 12.1 Å². The number of benzene rings is 3. The molecule has 0 heterocycles. The van der Waals surface area contributed by atoms with Crippen LogP contribution in [0, 0.1) is 0 Å². The third-order valence-corrected chi connectivity index (χ3v) is 2.83. The van der Waals surface area contributed by atoms with E-state index in [0.29, 0.717) is 0 Å². The fraction of sp³-hybridized carbons (Fsp3) is 0. The molecule has 0 N–H and O–H groups in total. The molecule has 3 rings (SSSR count). The summed E-state index contributed by atoms with van der Waals surface area (Å²) in [6.45, 7) is 0. The molecule has 0 fully saturated rings. The summed E-state index contributed by atoms with van der Waals surface area (Å²) in [6.07, 6.45) is 0. The minimum absolute atomic E-state index is 0.239. The summed E-state index contributed by atoms with van der Waals surface area (Å²) >= 11 is 0. The van der Waals surface area contributed by atoms with Gasteiger partial charge in [0.1, 0.15) is 10.8 Å². The molecule has 2 heteroatoms. The van der Waals surface area contributed by atoms with Crippen LogP contribution < -0.4 is 10.7 Å². The van der Waals surface area contributed by atoms with Crippen molar-refractivity contribution in [1.82, 2.24) is 0 Å². The van der Waals surface area contributed by atoms with Gasteiger partial charge in [-0.25, -0.2) is 0 Å². The average Bonchev–Trinajstić information content (AvgIpc) is 2.28. The van der Waals surface area contributed by atoms with Gasteiger partial charge in [0, 0.05) is 24.3 Å². The first kappa shape index (κ1) is 9.04. The first-order valence-corrected chi connectivity index (χ1v) is 5.09. The van der Waals surface area contributed by atoms with Crippen molar-refractivity contribution in [3.05, 3.63) is 70.1 Å². The third-order valence-electron chi connectivity index (χ3n) is 2.83. The fourth-order valence-electron chi connectivity index (χ4n) is 2.02. The number of rotatable bonds is 0. The van der Waals surface area contributed by atoms with Gasteiger partial charge in [-0.3, -0.25) is 0 Å². The topological polar surface area (TPSA) is 44.6 Å². The van der Waals surface area contributed by atoms with Gasteiger partial charge in [-0.05, 0) is 11.4 Å². The van der Waals surface area contributed by atoms with E-state index in [0.717, 1.165) is 21.5 Å². The first-order valence-electron chi connectivity index (χ1n) is 5.09. The molecular formula is C14H8N2. The van der Waals surface area contributed by atoms with Gasteiger partial charge in [-0.15, -0.1) is 0 Å². The quantitative estimate of drug-likeness (QED) is 0.398. The smallest absolute Gasteiger partial charge is 0.133 e. The van der Waals surface area contributed by atoms with Gasteiger partial charge in [-0.2, -0.15) is 0 Å². The van der Waals surface area contributed by atoms with E-state index in [9.17, 15) is 10.8 Å². The molecule has 0 aliphatic heterocycles. The molecular weight excluding hydrogens is 196 g/mol. The molecule has 3 aromatic carbocycles. The van der Waals surface area contributed by atoms with Crippen molar-refractivity contribution in [2.75, 3.05) is 0 Å². The highest BCUT2D eigenvalue weighted by atomic mass is 14.4. The number of fused-ring (bicyclic) bond motifs is 2. The molecule has 0 radical (unpaired) electrons. The van der Waals surface area contributed by atoms with Crippen LogP contribution in [0.25, 0.3) is 32.4 Å². The lowest BCUT2D eigenvalue weighted by atomic mass is 10.0. The zero-order valence-corrected chi connectivity index (χ0v) is 8.51. The Kier molecular flexibility index (Phi) is 1.77. The van der Waals surface area contributed by atoms with Crippen LogP contribution in [0.4, 0.5) is 0 Å². The van der Waals surface area contributed by atoms with Gasteiger partial charge in [0.25, 0.3) is 0 Å². The summed E-state index contributed by atoms with van der Waals surface area (Å²) in [7, 11) is 0. The number of hydrogen-bond donors (Lipinski definition) is 0. The normalized spacial score (nSPS) is 11.0. The zero-order valence-electron chi connectivity index (χ0n) is 8.51. The van der Waals surface area contributed by atoms with Crippen molar-refractivity contribution in [2.24, 2.45) is 0 Å². The van der Waals surface area contributed by atoms with E-state index in [4.69, 9.17) is 0 Å². The zero-order chi connectivity index (χ0) is 11.1. The summed E-state index contributed by atoms with van der Waals surface area (Å²) in [5.74, 6) is 0. The monoisotopic (exact) mass is 204 g/mol. The summed E-state index contributed by atoms with van der Waals surface area (Å²) in [4.78, 5) is 0. The van der Waals surface area contributed by atoms with Crippen molar-refractivity contribution in [1.29, 1.82) is 0 Å². The maximum atomic E-state index is 9.74. The molecule has 0 aromatic heterocycles. The van der Waals surface area contributed by atoms with Crippen molar-refractivity contribution < 1.29 is 0 Å². The van der Waals surface area contributed by atoms with Crippen LogP contribution in [0.15, 0.2) is 48.5 Å². The van der Waals surface area contributed by atoms with Gasteiger partial charge in [0.15, 0.2) is 0 Å². The molecule has 0 aliphatic carbocycles. The summed E-state index contributed by atoms with van der Waals surface area (Å²) in [5.41, 5.74) is 0. The highest BCUT2D eigenvalue weighted by molar-refractivity contribution is 5.97. The lowest BCUT2D eigenvalue weighted by Crippen LogP contribution is -2.01. The van der Waals surface area contributed by atoms with Crippen LogP contribution >= 0.6 is 0 Å². The van der Waals surface area contributed by atoms with E-state index in [-0.39, 0.29) is 10.7 Å². The maximum Gasteiger partial charge on any atom is 0.133 e. The molecule has 16 heavy (non-hydrogen) atoms. The van der Waals surface area contributed by atoms with Crippen LogP contribution in [0.5, 0.6) is 0 Å². The number of nitrogens with zero attached hydrogens (tertiary/aromatic N) is 2. The van der Waals surface area contributed by atoms with Crippen molar-refractivity contribution in [3.8, 4) is 0 Å². The second-order valence-electron chi connectivity index (χ2n) is 3.85. The molecule has 0 bridgehead atoms. The molecule has 74 valence electrons. The first-order chi connectivity index (χ1) is 7.75. The van der Waals surface area contributed by atoms with Gasteiger partial charge in [0.2, 0.25) is 0 Å². The van der Waals surface area contributed by atoms with Crippen molar-refractivity contribution >= 4 is 21.5 Å². The molecule has 2 nitrogen and oxygen atoms in total. The maximum absolute atomic E-state index is 9.74. The summed E-state index contributed by atoms with van der Waals surface area (Å²) in [5, 5.41) is 23.4. The third kappa shape index (κ3) is 1.20. The molecule has 0 saturated heterocycles. The predicted octanol–water partition coefficient (Wildman–Crippen LogP) is 2.37. The predicted molar refractivity (Wildman–Crippen MR) is 65.6 cm³/mol. The van der Waals surface area contributed by atoms with E-state index in [1.165, 1.54) is 0 Å². The van der Waals surface area contributed by atoms with Crippen LogP contribution in [0.3, 0.4) is 0 Å². The van der Waals surface area contributed by atoms with Gasteiger partial charge < -0.3 is 10.8 Å². The minimum Gasteiger partial charge on any atom is -0.785 e. The largest absolute Gasteiger partial charge is 0.785 e. The van der Waals surface area contributed by atoms with E-state index >= 15 is 0 Å². The van der Waals surface area contributed by atoms with Crippen LogP contribution in [0.1, 0.15) is 0 Å². The minimum atomic E-state index is 0.239. The van der Waals surface area contributed by atoms with Gasteiger partial charge in [-0.1, -0.05) is 5.36 Å². The van der Waals surface area contributed by atoms with Crippen LogP contribution in [-0.4, -0.2) is 0 Å². The Morgan fingerprint density at radius 2 is 1.69 bits per heavy atom. The second-order valence-corrected chi connectivity index (χ2v) is 3.85. The highest BCUT2D eigenvalue weighted by Crippen LogP contribution is 2.17. The molecule has 0 saturated carbocycles. The Morgan fingerprint density at radius 3 is 2.56 bits per heavy atom. The SMILES string of the molecule is [N-]=c1[cH+]ccc2cc3[cH+]ccc(=[N-])c3cc12. The Hall–Kier alpha value is -2.22. The Bertz CT molecular complexity index is 726. The second kappa shape index (κ2) is 3.14. The molecule has 0 amide bonds. The lowest BCUT2D eigenvalue weighted by Gasteiger charge is -1.97. The molecule has 0 aliphatic rings. The molecule has 0 spiro atoms. The molecule has 3 aromatic rings. The van der Waals surface area contributed by atoms with Crippen molar-refractivity contribution in [3.63, 3.8) is 0 Å². The average molecular weight is 204 g/mol. The summed E-state index contributed by atoms with van der Waals surface area (Å²) in [6, 6.07) is 14.6. The van der Waals surface area contributed by atoms with Gasteiger partial charge in [0.05, 0.1) is 29.0 Å². The van der Waals surface area contributed by atoms with Crippen molar-refractivity contribution in [2.45, 2.75) is 0 Å². The van der Waals surface area contributed by atoms with Crippen LogP contribution in [-0.2, 0) is 0 Å². The Balaban J connectivity index is 2.65. The van der Waals surface area contributed by atoms with E-state index in [1.807, 2.05) is 36.4 Å². The van der Waals surface area contributed by atoms with Gasteiger partial charge >= 0.3 is 0 Å². The molecule has 0 unspecified atom stereocenters. The van der Waals surface area contributed by atoms with E-state index in [2.05, 4.69) is 0 Å². The Labute approximate surface area is 92.2 Å². The summed E-state index contributed by atoms with van der Waals surface area (Å²) < 4.78 is 0. The standard InChI is InChI=1S/C14H8N2/c15-13-5-1-3-9-7-10-4-2-6-14(16)12(10)8-11(9)13/h1-8H.